The average molecular weight is 1230 g/mol. The predicted octanol–water partition coefficient (Wildman–Crippen LogP) is 14.3. The number of hydrogen-bond acceptors (Lipinski definition) is 5. The molecule has 393 valence electrons. The summed E-state index contributed by atoms with van der Waals surface area (Å²) >= 11 is 0. The van der Waals surface area contributed by atoms with Gasteiger partial charge < -0.3 is 19.5 Å². The molecule has 1 radical (unpaired) electrons. The zero-order valence-corrected chi connectivity index (χ0v) is 46.1. The summed E-state index contributed by atoms with van der Waals surface area (Å²) in [5.74, 6) is 2.64. The number of ether oxygens (including phenoxy) is 1. The first-order chi connectivity index (χ1) is 42.9. The number of rotatable bonds is 3. The van der Waals surface area contributed by atoms with Gasteiger partial charge in [-0.2, -0.15) is 9.13 Å². The Labute approximate surface area is 497 Å². The third-order valence-electron chi connectivity index (χ3n) is 14.3. The van der Waals surface area contributed by atoms with Crippen molar-refractivity contribution in [1.29, 1.82) is 0 Å². The Hall–Kier alpha value is -9.79. The molecule has 0 amide bonds. The van der Waals surface area contributed by atoms with E-state index in [2.05, 4.69) is 182 Å². The van der Waals surface area contributed by atoms with Crippen molar-refractivity contribution in [1.82, 2.24) is 19.4 Å². The Bertz CT molecular complexity index is 4560. The van der Waals surface area contributed by atoms with Crippen LogP contribution in [0.5, 0.6) is 5.75 Å². The molecule has 9 heteroatoms. The van der Waals surface area contributed by atoms with Crippen molar-refractivity contribution in [3.05, 3.63) is 338 Å². The van der Waals surface area contributed by atoms with Gasteiger partial charge in [0.25, 0.3) is 5.82 Å². The van der Waals surface area contributed by atoms with E-state index < -0.39 is 12.1 Å². The standard InChI is InChI=1S/C20H15N2.C15H10NO.C14H12N2.C12H10N.C11H8N.Ir/c1-3-9-17-15(6-1)8-5-11-19(17)22-13-12-21-14-16-7-2-4-10-18(16)20(21)22;1-11-13(14-7-4-5-9-16-14)10-12-6-2-3-8-15(12)17-11;1-2-7-13-11(5-1)9-14-15-8-4-3-6-12(15)10-16(13)14;1-2-6-11-10(5-1)9-13-8-4-3-7-12(11)13;1-2-6-10(7-3-1)11-8-4-5-9-12-11;/h1-13H,14H2;2-9H,1H2;1-8,10,14H,9H2;1-8H,9H2;1-6,8-9H;/q+1;-1;;+1;-1;/i;;;1D,2D,3D,4D,5D,6D,7D,8D;;. The van der Waals surface area contributed by atoms with Crippen LogP contribution in [-0.2, 0) is 39.6 Å². The van der Waals surface area contributed by atoms with E-state index in [1.54, 1.807) is 12.4 Å². The Morgan fingerprint density at radius 1 is 0.630 bits per heavy atom. The van der Waals surface area contributed by atoms with Crippen LogP contribution in [0.3, 0.4) is 0 Å². The maximum absolute atomic E-state index is 7.98. The van der Waals surface area contributed by atoms with E-state index >= 15 is 0 Å². The van der Waals surface area contributed by atoms with Crippen LogP contribution < -0.4 is 18.8 Å². The molecule has 0 fully saturated rings. The molecule has 10 heterocycles. The Morgan fingerprint density at radius 3 is 2.22 bits per heavy atom. The normalized spacial score (nSPS) is 15.8. The van der Waals surface area contributed by atoms with Gasteiger partial charge in [-0.05, 0) is 71.2 Å². The maximum Gasteiger partial charge on any atom is 0.294 e. The molecular weight excluding hydrogens is 1170 g/mol. The summed E-state index contributed by atoms with van der Waals surface area (Å²) in [6, 6.07) is 60.4. The molecule has 0 saturated carbocycles. The monoisotopic (exact) mass is 1230 g/mol. The molecule has 0 aliphatic carbocycles. The van der Waals surface area contributed by atoms with Gasteiger partial charge in [-0.25, -0.2) is 4.57 Å². The molecule has 81 heavy (non-hydrogen) atoms. The molecule has 6 aliphatic rings. The van der Waals surface area contributed by atoms with Crippen molar-refractivity contribution in [2.24, 2.45) is 0 Å². The first kappa shape index (κ1) is 43.1. The molecule has 1 atom stereocenters. The first-order valence-corrected chi connectivity index (χ1v) is 26.3. The van der Waals surface area contributed by atoms with Gasteiger partial charge in [-0.3, -0.25) is 4.98 Å². The topological polar surface area (TPSA) is 54.2 Å². The molecular formula is C72H55IrN7O. The average Bonchev–Trinajstić information content (AvgIpc) is 3.64. The number of allylic oxidation sites excluding steroid dienone is 4. The Kier molecular flexibility index (Phi) is 12.6. The summed E-state index contributed by atoms with van der Waals surface area (Å²) < 4.78 is 74.1. The van der Waals surface area contributed by atoms with E-state index in [4.69, 9.17) is 15.7 Å². The fourth-order valence-electron chi connectivity index (χ4n) is 10.6. The summed E-state index contributed by atoms with van der Waals surface area (Å²) in [5.41, 5.74) is 13.2. The number of hydrogen-bond donors (Lipinski definition) is 0. The van der Waals surface area contributed by atoms with Crippen LogP contribution in [0.15, 0.2) is 298 Å². The summed E-state index contributed by atoms with van der Waals surface area (Å²) in [7, 11) is 0. The van der Waals surface area contributed by atoms with E-state index in [-0.39, 0.29) is 74.3 Å². The van der Waals surface area contributed by atoms with Crippen molar-refractivity contribution in [3.8, 4) is 45.3 Å². The van der Waals surface area contributed by atoms with Gasteiger partial charge in [0.05, 0.1) is 37.9 Å². The molecule has 8 nitrogen and oxygen atoms in total. The van der Waals surface area contributed by atoms with E-state index in [0.717, 1.165) is 46.8 Å². The van der Waals surface area contributed by atoms with Crippen molar-refractivity contribution in [2.45, 2.75) is 25.7 Å². The minimum Gasteiger partial charge on any atom is -0.527 e. The van der Waals surface area contributed by atoms with Crippen molar-refractivity contribution in [2.75, 3.05) is 4.90 Å². The van der Waals surface area contributed by atoms with Gasteiger partial charge >= 0.3 is 0 Å². The van der Waals surface area contributed by atoms with Crippen molar-refractivity contribution < 1.29 is 44.9 Å². The van der Waals surface area contributed by atoms with Gasteiger partial charge in [0.1, 0.15) is 32.2 Å². The number of benzene rings is 7. The fourth-order valence-corrected chi connectivity index (χ4v) is 10.6. The molecule has 4 aromatic heterocycles. The van der Waals surface area contributed by atoms with Crippen molar-refractivity contribution >= 4 is 22.0 Å². The zero-order chi connectivity index (χ0) is 60.6. The quantitative estimate of drug-likeness (QED) is 0.130. The molecule has 0 spiro atoms. The second-order valence-corrected chi connectivity index (χ2v) is 19.2. The molecule has 17 rings (SSSR count). The maximum atomic E-state index is 7.98. The summed E-state index contributed by atoms with van der Waals surface area (Å²) in [6.45, 7) is 4.88. The summed E-state index contributed by atoms with van der Waals surface area (Å²) in [6.07, 6.45) is 23.3. The second kappa shape index (κ2) is 23.7. The molecule has 6 aliphatic heterocycles. The van der Waals surface area contributed by atoms with Gasteiger partial charge in [0, 0.05) is 91.3 Å². The van der Waals surface area contributed by atoms with Crippen LogP contribution in [0.1, 0.15) is 38.9 Å². The minimum absolute atomic E-state index is 0. The van der Waals surface area contributed by atoms with E-state index in [0.29, 0.717) is 17.5 Å². The Morgan fingerprint density at radius 2 is 1.36 bits per heavy atom. The third-order valence-corrected chi connectivity index (χ3v) is 14.3. The number of fused-ring (bicyclic) bond motifs is 13. The van der Waals surface area contributed by atoms with Gasteiger partial charge in [0.15, 0.2) is 12.7 Å². The number of pyridine rings is 3. The van der Waals surface area contributed by atoms with Crippen molar-refractivity contribution in [3.63, 3.8) is 0 Å². The molecule has 0 N–H and O–H groups in total. The predicted molar refractivity (Wildman–Crippen MR) is 319 cm³/mol. The third kappa shape index (κ3) is 10.8. The minimum atomic E-state index is -0.411. The molecule has 11 aromatic rings. The molecule has 7 aromatic carbocycles. The van der Waals surface area contributed by atoms with E-state index in [1.807, 2.05) is 84.9 Å². The fraction of sp³-hybridized carbons (Fsp3) is 0.0556. The van der Waals surface area contributed by atoms with Crippen LogP contribution in [0, 0.1) is 12.1 Å². The number of anilines is 1. The molecule has 0 bridgehead atoms. The van der Waals surface area contributed by atoms with Crippen LogP contribution >= 0.6 is 0 Å². The van der Waals surface area contributed by atoms with E-state index in [1.165, 1.54) is 54.9 Å². The number of imidazole rings is 1. The molecule has 1 unspecified atom stereocenters. The van der Waals surface area contributed by atoms with E-state index in [9.17, 15) is 0 Å². The Balaban J connectivity index is 0.000000109. The second-order valence-electron chi connectivity index (χ2n) is 19.2. The summed E-state index contributed by atoms with van der Waals surface area (Å²) in [4.78, 5) is 13.2. The van der Waals surface area contributed by atoms with Gasteiger partial charge in [0.2, 0.25) is 5.69 Å². The van der Waals surface area contributed by atoms with Crippen LogP contribution in [0.4, 0.5) is 5.69 Å². The smallest absolute Gasteiger partial charge is 0.294 e. The zero-order valence-electron chi connectivity index (χ0n) is 51.7. The SMILES string of the molecule is C1=CC2=CN3c4ccccc4CC3N2C=C1.C=C1Oc2ccccc2[C-]=C1c1ccccn1.[2H]c1c([2H])c([2H])c2c(c1[2H])C[n+]1c([2H])c([2H])c([2H])c([2H])c1-2.[Ir].[c-]1ccccc1-c1ccccn1.c1ccc2c(c1)C[n+]1ccn(-c3cccc4ccccc34)c1-2. The van der Waals surface area contributed by atoms with Gasteiger partial charge in [-0.1, -0.05) is 157 Å². The molecule has 0 saturated heterocycles. The largest absolute Gasteiger partial charge is 0.527 e. The van der Waals surface area contributed by atoms with Gasteiger partial charge in [-0.15, -0.1) is 48.0 Å². The number of para-hydroxylation sites is 2. The number of aromatic nitrogens is 5. The number of nitrogens with zero attached hydrogens (tertiary/aromatic N) is 7. The first-order valence-electron chi connectivity index (χ1n) is 30.3. The van der Waals surface area contributed by atoms with Crippen LogP contribution in [0.25, 0.3) is 55.9 Å². The van der Waals surface area contributed by atoms with Crippen LogP contribution in [-0.4, -0.2) is 25.6 Å². The van der Waals surface area contributed by atoms with Crippen LogP contribution in [0.2, 0.25) is 0 Å². The summed E-state index contributed by atoms with van der Waals surface area (Å²) in [5, 5.41) is 2.56.